The highest BCUT2D eigenvalue weighted by Crippen LogP contribution is 2.43. The molecule has 1 amide bonds. The van der Waals surface area contributed by atoms with Gasteiger partial charge in [-0.3, -0.25) is 4.79 Å². The van der Waals surface area contributed by atoms with Crippen LogP contribution in [0.25, 0.3) is 0 Å². The van der Waals surface area contributed by atoms with Crippen molar-refractivity contribution < 1.29 is 18.8 Å². The van der Waals surface area contributed by atoms with Gasteiger partial charge in [-0.05, 0) is 49.4 Å². The molecule has 1 aromatic heterocycles. The van der Waals surface area contributed by atoms with Gasteiger partial charge in [-0.2, -0.15) is 0 Å². The Morgan fingerprint density at radius 2 is 2.04 bits per heavy atom. The lowest BCUT2D eigenvalue weighted by molar-refractivity contribution is 0.0496. The summed E-state index contributed by atoms with van der Waals surface area (Å²) in [6, 6.07) is 9.67. The molecule has 2 bridgehead atoms. The number of piperidine rings is 1. The molecule has 6 heteroatoms. The summed E-state index contributed by atoms with van der Waals surface area (Å²) >= 11 is 0. The molecule has 26 heavy (non-hydrogen) atoms. The fourth-order valence-corrected chi connectivity index (χ4v) is 4.19. The molecule has 0 N–H and O–H groups in total. The maximum atomic E-state index is 13.0. The van der Waals surface area contributed by atoms with Crippen molar-refractivity contribution in [2.75, 3.05) is 13.7 Å². The molecule has 138 valence electrons. The Labute approximate surface area is 153 Å². The van der Waals surface area contributed by atoms with Crippen LogP contribution in [0.5, 0.6) is 11.5 Å². The number of carbonyl (C=O) groups is 1. The van der Waals surface area contributed by atoms with Gasteiger partial charge in [0.15, 0.2) is 5.69 Å². The van der Waals surface area contributed by atoms with Gasteiger partial charge < -0.3 is 18.9 Å². The van der Waals surface area contributed by atoms with Crippen molar-refractivity contribution >= 4 is 5.91 Å². The van der Waals surface area contributed by atoms with Crippen molar-refractivity contribution in [2.24, 2.45) is 5.92 Å². The Bertz CT molecular complexity index is 770. The van der Waals surface area contributed by atoms with Crippen LogP contribution in [0.3, 0.4) is 0 Å². The Morgan fingerprint density at radius 3 is 2.73 bits per heavy atom. The van der Waals surface area contributed by atoms with Gasteiger partial charge in [-0.15, -0.1) is 0 Å². The van der Waals surface area contributed by atoms with E-state index in [2.05, 4.69) is 5.16 Å². The maximum Gasteiger partial charge on any atom is 0.276 e. The van der Waals surface area contributed by atoms with E-state index in [0.29, 0.717) is 24.3 Å². The monoisotopic (exact) mass is 356 g/mol. The quantitative estimate of drug-likeness (QED) is 0.794. The number of likely N-dealkylation sites (tertiary alicyclic amines) is 1. The minimum absolute atomic E-state index is 0.0380. The number of nitrogens with zero attached hydrogens (tertiary/aromatic N) is 2. The van der Waals surface area contributed by atoms with Crippen LogP contribution >= 0.6 is 0 Å². The molecule has 2 heterocycles. The van der Waals surface area contributed by atoms with E-state index in [1.807, 2.05) is 36.1 Å². The molecule has 1 aromatic carbocycles. The van der Waals surface area contributed by atoms with Gasteiger partial charge in [0, 0.05) is 18.5 Å². The molecule has 1 aliphatic heterocycles. The molecule has 3 atom stereocenters. The summed E-state index contributed by atoms with van der Waals surface area (Å²) in [6.07, 6.45) is 4.01. The highest BCUT2D eigenvalue weighted by atomic mass is 16.5. The molecule has 1 saturated heterocycles. The zero-order chi connectivity index (χ0) is 18.1. The van der Waals surface area contributed by atoms with E-state index < -0.39 is 0 Å². The number of hydrogen-bond donors (Lipinski definition) is 0. The Kier molecular flexibility index (Phi) is 4.57. The third-order valence-electron chi connectivity index (χ3n) is 5.58. The number of amides is 1. The van der Waals surface area contributed by atoms with Crippen LogP contribution in [0.4, 0.5) is 0 Å². The number of rotatable bonds is 6. The molecule has 0 radical (unpaired) electrons. The van der Waals surface area contributed by atoms with Crippen molar-refractivity contribution in [1.82, 2.24) is 10.1 Å². The van der Waals surface area contributed by atoms with E-state index >= 15 is 0 Å². The number of fused-ring (bicyclic) bond motifs is 2. The topological polar surface area (TPSA) is 64.8 Å². The summed E-state index contributed by atoms with van der Waals surface area (Å²) in [5, 5.41) is 3.97. The predicted molar refractivity (Wildman–Crippen MR) is 95.5 cm³/mol. The normalized spacial score (nSPS) is 24.1. The summed E-state index contributed by atoms with van der Waals surface area (Å²) in [5.74, 6) is 2.79. The lowest BCUT2D eigenvalue weighted by atomic mass is 9.99. The third kappa shape index (κ3) is 3.04. The number of methoxy groups -OCH3 is 1. The summed E-state index contributed by atoms with van der Waals surface area (Å²) in [4.78, 5) is 15.0. The first-order valence-electron chi connectivity index (χ1n) is 9.24. The van der Waals surface area contributed by atoms with E-state index in [9.17, 15) is 4.79 Å². The van der Waals surface area contributed by atoms with Crippen LogP contribution in [0.15, 0.2) is 34.9 Å². The van der Waals surface area contributed by atoms with E-state index in [4.69, 9.17) is 14.0 Å². The number of benzene rings is 1. The maximum absolute atomic E-state index is 13.0. The van der Waals surface area contributed by atoms with Gasteiger partial charge in [0.05, 0.1) is 13.2 Å². The average Bonchev–Trinajstić information content (AvgIpc) is 3.41. The van der Waals surface area contributed by atoms with Crippen molar-refractivity contribution in [3.05, 3.63) is 41.8 Å². The fourth-order valence-electron chi connectivity index (χ4n) is 4.19. The van der Waals surface area contributed by atoms with Gasteiger partial charge in [0.2, 0.25) is 0 Å². The van der Waals surface area contributed by atoms with E-state index in [1.165, 1.54) is 0 Å². The molecule has 6 nitrogen and oxygen atoms in total. The second kappa shape index (κ2) is 7.02. The van der Waals surface area contributed by atoms with E-state index in [-0.39, 0.29) is 11.9 Å². The number of aromatic nitrogens is 1. The molecule has 1 aliphatic carbocycles. The average molecular weight is 356 g/mol. The number of hydrogen-bond acceptors (Lipinski definition) is 5. The van der Waals surface area contributed by atoms with Gasteiger partial charge in [-0.1, -0.05) is 12.1 Å². The van der Waals surface area contributed by atoms with Crippen molar-refractivity contribution in [3.63, 3.8) is 0 Å². The summed E-state index contributed by atoms with van der Waals surface area (Å²) < 4.78 is 16.4. The van der Waals surface area contributed by atoms with E-state index in [0.717, 1.165) is 42.9 Å². The molecule has 0 unspecified atom stereocenters. The molecule has 4 rings (SSSR count). The van der Waals surface area contributed by atoms with Gasteiger partial charge >= 0.3 is 0 Å². The molecule has 2 aromatic rings. The number of aryl methyl sites for hydroxylation is 1. The van der Waals surface area contributed by atoms with Crippen molar-refractivity contribution in [2.45, 2.75) is 44.7 Å². The second-order valence-corrected chi connectivity index (χ2v) is 7.03. The van der Waals surface area contributed by atoms with Gasteiger partial charge in [0.1, 0.15) is 23.9 Å². The van der Waals surface area contributed by atoms with Gasteiger partial charge in [-0.25, -0.2) is 0 Å². The lowest BCUT2D eigenvalue weighted by Gasteiger charge is -2.34. The van der Waals surface area contributed by atoms with Crippen LogP contribution in [0, 0.1) is 5.92 Å². The molecule has 2 fully saturated rings. The highest BCUT2D eigenvalue weighted by Gasteiger charge is 2.49. The van der Waals surface area contributed by atoms with Crippen LogP contribution in [-0.4, -0.2) is 41.8 Å². The SMILES string of the molecule is CCc1cc(C(=O)N2[C@H]3CC[C@H](C3)[C@H]2COc2ccc(OC)cc2)no1. The molecule has 1 saturated carbocycles. The number of carbonyl (C=O) groups excluding carboxylic acids is 1. The number of ether oxygens (including phenoxy) is 2. The molecular weight excluding hydrogens is 332 g/mol. The first-order valence-corrected chi connectivity index (χ1v) is 9.24. The zero-order valence-electron chi connectivity index (χ0n) is 15.2. The Hall–Kier alpha value is -2.50. The Morgan fingerprint density at radius 1 is 1.27 bits per heavy atom. The van der Waals surface area contributed by atoms with Crippen LogP contribution in [-0.2, 0) is 6.42 Å². The highest BCUT2D eigenvalue weighted by molar-refractivity contribution is 5.93. The van der Waals surface area contributed by atoms with Crippen LogP contribution in [0.2, 0.25) is 0 Å². The van der Waals surface area contributed by atoms with Crippen molar-refractivity contribution in [1.29, 1.82) is 0 Å². The standard InChI is InChI=1S/C20H24N2O4/c1-3-15-11-18(21-26-15)20(23)22-14-5-4-13(10-14)19(22)12-25-17-8-6-16(24-2)7-9-17/h6-9,11,13-14,19H,3-5,10,12H2,1-2H3/t13-,14+,19-/m1/s1. The summed E-state index contributed by atoms with van der Waals surface area (Å²) in [5.41, 5.74) is 0.406. The molecular formula is C20H24N2O4. The Balaban J connectivity index is 1.47. The molecule has 0 spiro atoms. The smallest absolute Gasteiger partial charge is 0.276 e. The van der Waals surface area contributed by atoms with Crippen LogP contribution in [0.1, 0.15) is 42.4 Å². The lowest BCUT2D eigenvalue weighted by Crippen LogP contribution is -2.47. The molecule has 2 aliphatic rings. The van der Waals surface area contributed by atoms with Crippen molar-refractivity contribution in [3.8, 4) is 11.5 Å². The first kappa shape index (κ1) is 16.9. The first-order chi connectivity index (χ1) is 12.7. The predicted octanol–water partition coefficient (Wildman–Crippen LogP) is 3.32. The van der Waals surface area contributed by atoms with E-state index in [1.54, 1.807) is 13.2 Å². The second-order valence-electron chi connectivity index (χ2n) is 7.03. The third-order valence-corrected chi connectivity index (χ3v) is 5.58. The largest absolute Gasteiger partial charge is 0.497 e. The van der Waals surface area contributed by atoms with Crippen LogP contribution < -0.4 is 9.47 Å². The fraction of sp³-hybridized carbons (Fsp3) is 0.500. The zero-order valence-corrected chi connectivity index (χ0v) is 15.2. The minimum atomic E-state index is -0.0380. The summed E-state index contributed by atoms with van der Waals surface area (Å²) in [6.45, 7) is 2.48. The minimum Gasteiger partial charge on any atom is -0.497 e. The summed E-state index contributed by atoms with van der Waals surface area (Å²) in [7, 11) is 1.64. The van der Waals surface area contributed by atoms with Gasteiger partial charge in [0.25, 0.3) is 5.91 Å².